The van der Waals surface area contributed by atoms with Crippen LogP contribution in [0.4, 0.5) is 0 Å². The zero-order valence-corrected chi connectivity index (χ0v) is 17.0. The summed E-state index contributed by atoms with van der Waals surface area (Å²) in [4.78, 5) is 38.4. The standard InChI is InChI=1S/C21H22N4O3S/c1-15-17(23-21(28-15)18-6-4-12-29-18)14-20(27)25-10-8-24(9-11-25)19(26)13-16-5-2-3-7-22-16/h2-7,12H,8-11,13-14H2,1H3. The van der Waals surface area contributed by atoms with Gasteiger partial charge in [-0.2, -0.15) is 0 Å². The van der Waals surface area contributed by atoms with E-state index in [1.807, 2.05) is 42.6 Å². The number of rotatable bonds is 5. The number of carbonyl (C=O) groups is 2. The number of aryl methyl sites for hydroxylation is 1. The maximum atomic E-state index is 12.7. The van der Waals surface area contributed by atoms with E-state index in [4.69, 9.17) is 4.42 Å². The minimum Gasteiger partial charge on any atom is -0.440 e. The second kappa shape index (κ2) is 8.57. The minimum atomic E-state index is 0.0101. The molecule has 1 aliphatic rings. The maximum Gasteiger partial charge on any atom is 0.236 e. The van der Waals surface area contributed by atoms with Crippen LogP contribution in [0.25, 0.3) is 10.8 Å². The summed E-state index contributed by atoms with van der Waals surface area (Å²) in [7, 11) is 0. The summed E-state index contributed by atoms with van der Waals surface area (Å²) in [6.45, 7) is 3.97. The first kappa shape index (κ1) is 19.3. The Morgan fingerprint density at radius 2 is 1.76 bits per heavy atom. The van der Waals surface area contributed by atoms with Gasteiger partial charge in [-0.25, -0.2) is 4.98 Å². The Hall–Kier alpha value is -3.00. The van der Waals surface area contributed by atoms with Crippen molar-refractivity contribution in [1.82, 2.24) is 19.8 Å². The summed E-state index contributed by atoms with van der Waals surface area (Å²) < 4.78 is 5.72. The van der Waals surface area contributed by atoms with Gasteiger partial charge in [0.1, 0.15) is 5.76 Å². The van der Waals surface area contributed by atoms with Crippen LogP contribution >= 0.6 is 11.3 Å². The van der Waals surface area contributed by atoms with E-state index in [2.05, 4.69) is 9.97 Å². The maximum absolute atomic E-state index is 12.7. The monoisotopic (exact) mass is 410 g/mol. The fraction of sp³-hybridized carbons (Fsp3) is 0.333. The summed E-state index contributed by atoms with van der Waals surface area (Å²) in [6, 6.07) is 9.45. The van der Waals surface area contributed by atoms with Gasteiger partial charge >= 0.3 is 0 Å². The number of pyridine rings is 1. The van der Waals surface area contributed by atoms with E-state index in [0.29, 0.717) is 49.9 Å². The van der Waals surface area contributed by atoms with Crippen molar-refractivity contribution in [2.45, 2.75) is 19.8 Å². The molecule has 3 aromatic heterocycles. The predicted octanol–water partition coefficient (Wildman–Crippen LogP) is 2.56. The summed E-state index contributed by atoms with van der Waals surface area (Å²) in [5.74, 6) is 1.29. The SMILES string of the molecule is Cc1oc(-c2cccs2)nc1CC(=O)N1CCN(C(=O)Cc2ccccn2)CC1. The average molecular weight is 410 g/mol. The minimum absolute atomic E-state index is 0.0101. The molecule has 0 spiro atoms. The molecule has 4 rings (SSSR count). The van der Waals surface area contributed by atoms with E-state index >= 15 is 0 Å². The number of oxazole rings is 1. The molecule has 3 aromatic rings. The van der Waals surface area contributed by atoms with E-state index in [-0.39, 0.29) is 18.2 Å². The highest BCUT2D eigenvalue weighted by Crippen LogP contribution is 2.26. The summed E-state index contributed by atoms with van der Waals surface area (Å²) in [6.07, 6.45) is 2.19. The Bertz CT molecular complexity index is 977. The number of hydrogen-bond donors (Lipinski definition) is 0. The molecule has 150 valence electrons. The van der Waals surface area contributed by atoms with Crippen LogP contribution in [-0.4, -0.2) is 57.8 Å². The second-order valence-corrected chi connectivity index (χ2v) is 7.88. The third-order valence-corrected chi connectivity index (χ3v) is 5.84. The fourth-order valence-electron chi connectivity index (χ4n) is 3.33. The Morgan fingerprint density at radius 3 is 2.38 bits per heavy atom. The van der Waals surface area contributed by atoms with Crippen LogP contribution in [0.5, 0.6) is 0 Å². The number of carbonyl (C=O) groups excluding carboxylic acids is 2. The van der Waals surface area contributed by atoms with Crippen molar-refractivity contribution in [3.8, 4) is 10.8 Å². The molecule has 0 saturated carbocycles. The molecular formula is C21H22N4O3S. The van der Waals surface area contributed by atoms with E-state index in [1.54, 1.807) is 27.3 Å². The van der Waals surface area contributed by atoms with Gasteiger partial charge in [-0.3, -0.25) is 14.6 Å². The average Bonchev–Trinajstić information content (AvgIpc) is 3.39. The zero-order chi connectivity index (χ0) is 20.2. The van der Waals surface area contributed by atoms with Crippen LogP contribution in [0.3, 0.4) is 0 Å². The van der Waals surface area contributed by atoms with Crippen molar-refractivity contribution in [3.05, 3.63) is 59.1 Å². The highest BCUT2D eigenvalue weighted by molar-refractivity contribution is 7.13. The smallest absolute Gasteiger partial charge is 0.236 e. The molecule has 4 heterocycles. The van der Waals surface area contributed by atoms with Crippen molar-refractivity contribution >= 4 is 23.2 Å². The Morgan fingerprint density at radius 1 is 1.03 bits per heavy atom. The van der Waals surface area contributed by atoms with Gasteiger partial charge in [0, 0.05) is 38.1 Å². The van der Waals surface area contributed by atoms with Crippen LogP contribution in [0.1, 0.15) is 17.1 Å². The Balaban J connectivity index is 1.31. The van der Waals surface area contributed by atoms with Gasteiger partial charge in [0.25, 0.3) is 0 Å². The van der Waals surface area contributed by atoms with Crippen molar-refractivity contribution in [2.75, 3.05) is 26.2 Å². The van der Waals surface area contributed by atoms with Crippen molar-refractivity contribution in [3.63, 3.8) is 0 Å². The first-order valence-electron chi connectivity index (χ1n) is 9.56. The molecule has 0 N–H and O–H groups in total. The van der Waals surface area contributed by atoms with Crippen LogP contribution in [0, 0.1) is 6.92 Å². The van der Waals surface area contributed by atoms with E-state index in [9.17, 15) is 9.59 Å². The molecule has 2 amide bonds. The van der Waals surface area contributed by atoms with E-state index in [0.717, 1.165) is 10.6 Å². The summed E-state index contributed by atoms with van der Waals surface area (Å²) >= 11 is 1.55. The lowest BCUT2D eigenvalue weighted by Gasteiger charge is -2.34. The number of hydrogen-bond acceptors (Lipinski definition) is 6. The van der Waals surface area contributed by atoms with Gasteiger partial charge in [0.2, 0.25) is 17.7 Å². The van der Waals surface area contributed by atoms with Gasteiger partial charge < -0.3 is 14.2 Å². The number of piperazine rings is 1. The first-order chi connectivity index (χ1) is 14.1. The van der Waals surface area contributed by atoms with E-state index in [1.165, 1.54) is 0 Å². The van der Waals surface area contributed by atoms with Crippen LogP contribution in [0.2, 0.25) is 0 Å². The topological polar surface area (TPSA) is 79.5 Å². The molecule has 1 fully saturated rings. The Labute approximate surface area is 173 Å². The largest absolute Gasteiger partial charge is 0.440 e. The van der Waals surface area contributed by atoms with Crippen LogP contribution in [0.15, 0.2) is 46.3 Å². The highest BCUT2D eigenvalue weighted by atomic mass is 32.1. The molecule has 0 atom stereocenters. The molecule has 0 bridgehead atoms. The van der Waals surface area contributed by atoms with Gasteiger partial charge in [-0.05, 0) is 30.5 Å². The summed E-state index contributed by atoms with van der Waals surface area (Å²) in [5, 5.41) is 1.97. The third kappa shape index (κ3) is 4.54. The molecule has 0 unspecified atom stereocenters. The quantitative estimate of drug-likeness (QED) is 0.646. The zero-order valence-electron chi connectivity index (χ0n) is 16.2. The number of nitrogens with zero attached hydrogens (tertiary/aromatic N) is 4. The van der Waals surface area contributed by atoms with Crippen molar-refractivity contribution in [2.24, 2.45) is 0 Å². The molecule has 29 heavy (non-hydrogen) atoms. The lowest BCUT2D eigenvalue weighted by atomic mass is 10.2. The van der Waals surface area contributed by atoms with Gasteiger partial charge in [-0.15, -0.1) is 11.3 Å². The van der Waals surface area contributed by atoms with Crippen LogP contribution in [-0.2, 0) is 22.4 Å². The molecule has 7 nitrogen and oxygen atoms in total. The van der Waals surface area contributed by atoms with Crippen molar-refractivity contribution in [1.29, 1.82) is 0 Å². The lowest BCUT2D eigenvalue weighted by molar-refractivity contribution is -0.138. The number of amides is 2. The number of aromatic nitrogens is 2. The molecule has 1 saturated heterocycles. The normalized spacial score (nSPS) is 14.2. The molecule has 0 aliphatic carbocycles. The lowest BCUT2D eigenvalue weighted by Crippen LogP contribution is -2.51. The third-order valence-electron chi connectivity index (χ3n) is 4.99. The first-order valence-corrected chi connectivity index (χ1v) is 10.4. The predicted molar refractivity (Wildman–Crippen MR) is 109 cm³/mol. The molecule has 1 aliphatic heterocycles. The molecular weight excluding hydrogens is 388 g/mol. The molecule has 0 aromatic carbocycles. The second-order valence-electron chi connectivity index (χ2n) is 6.94. The summed E-state index contributed by atoms with van der Waals surface area (Å²) in [5.41, 5.74) is 1.44. The highest BCUT2D eigenvalue weighted by Gasteiger charge is 2.25. The van der Waals surface area contributed by atoms with Gasteiger partial charge in [-0.1, -0.05) is 12.1 Å². The van der Waals surface area contributed by atoms with Gasteiger partial charge in [0.15, 0.2) is 0 Å². The Kier molecular flexibility index (Phi) is 5.71. The molecule has 8 heteroatoms. The van der Waals surface area contributed by atoms with Crippen molar-refractivity contribution < 1.29 is 14.0 Å². The number of thiophene rings is 1. The van der Waals surface area contributed by atoms with Crippen LogP contribution < -0.4 is 0 Å². The van der Waals surface area contributed by atoms with Gasteiger partial charge in [0.05, 0.1) is 23.4 Å². The molecule has 0 radical (unpaired) electrons. The fourth-order valence-corrected chi connectivity index (χ4v) is 3.98. The van der Waals surface area contributed by atoms with E-state index < -0.39 is 0 Å².